The number of hydrogen-bond acceptors (Lipinski definition) is 3. The molecule has 0 amide bonds. The van der Waals surface area contributed by atoms with E-state index < -0.39 is 5.92 Å². The first-order valence-electron chi connectivity index (χ1n) is 10.2. The number of halogens is 1. The smallest absolute Gasteiger partial charge is 0.313 e. The van der Waals surface area contributed by atoms with Gasteiger partial charge in [-0.1, -0.05) is 38.7 Å². The van der Waals surface area contributed by atoms with Crippen molar-refractivity contribution in [3.05, 3.63) is 29.6 Å². The van der Waals surface area contributed by atoms with Crippen molar-refractivity contribution in [2.45, 2.75) is 77.2 Å². The molecule has 26 heavy (non-hydrogen) atoms. The Morgan fingerprint density at radius 1 is 1.12 bits per heavy atom. The molecule has 2 aliphatic rings. The van der Waals surface area contributed by atoms with Crippen LogP contribution in [-0.4, -0.2) is 18.7 Å². The van der Waals surface area contributed by atoms with Crippen molar-refractivity contribution >= 4 is 5.97 Å². The van der Waals surface area contributed by atoms with Crippen LogP contribution in [0, 0.1) is 17.7 Å². The molecule has 1 aliphatic carbocycles. The van der Waals surface area contributed by atoms with Gasteiger partial charge >= 0.3 is 5.97 Å². The summed E-state index contributed by atoms with van der Waals surface area (Å²) in [7, 11) is 0. The molecule has 1 saturated heterocycles. The number of benzene rings is 1. The maximum Gasteiger partial charge on any atom is 0.313 e. The first kappa shape index (κ1) is 19.2. The van der Waals surface area contributed by atoms with Crippen LogP contribution in [0.1, 0.15) is 76.7 Å². The number of hydrogen-bond donors (Lipinski definition) is 0. The molecule has 3 nitrogen and oxygen atoms in total. The molecule has 1 aromatic rings. The fourth-order valence-corrected chi connectivity index (χ4v) is 4.66. The van der Waals surface area contributed by atoms with Gasteiger partial charge in [0, 0.05) is 11.6 Å². The largest absolute Gasteiger partial charge is 0.494 e. The molecule has 1 heterocycles. The van der Waals surface area contributed by atoms with Gasteiger partial charge in [0.2, 0.25) is 0 Å². The highest BCUT2D eigenvalue weighted by molar-refractivity contribution is 5.79. The molecule has 0 spiro atoms. The summed E-state index contributed by atoms with van der Waals surface area (Å²) in [6, 6.07) is 4.77. The zero-order valence-corrected chi connectivity index (χ0v) is 16.0. The molecule has 0 bridgehead atoms. The predicted molar refractivity (Wildman–Crippen MR) is 99.8 cm³/mol. The van der Waals surface area contributed by atoms with Gasteiger partial charge in [0.1, 0.15) is 17.7 Å². The molecule has 144 valence electrons. The molecule has 0 radical (unpaired) electrons. The van der Waals surface area contributed by atoms with Gasteiger partial charge in [-0.2, -0.15) is 0 Å². The van der Waals surface area contributed by atoms with Crippen molar-refractivity contribution in [1.82, 2.24) is 0 Å². The van der Waals surface area contributed by atoms with Gasteiger partial charge in [0.25, 0.3) is 0 Å². The van der Waals surface area contributed by atoms with Crippen molar-refractivity contribution in [3.8, 4) is 5.75 Å². The van der Waals surface area contributed by atoms with Crippen molar-refractivity contribution < 1.29 is 18.7 Å². The van der Waals surface area contributed by atoms with E-state index in [9.17, 15) is 9.18 Å². The first-order valence-corrected chi connectivity index (χ1v) is 10.2. The number of cyclic esters (lactones) is 1. The summed E-state index contributed by atoms with van der Waals surface area (Å²) >= 11 is 0. The van der Waals surface area contributed by atoms with E-state index in [0.717, 1.165) is 25.2 Å². The average molecular weight is 362 g/mol. The summed E-state index contributed by atoms with van der Waals surface area (Å²) in [5.74, 6) is 0.703. The molecule has 2 unspecified atom stereocenters. The second-order valence-corrected chi connectivity index (χ2v) is 7.79. The van der Waals surface area contributed by atoms with Gasteiger partial charge in [-0.3, -0.25) is 4.79 Å². The van der Waals surface area contributed by atoms with E-state index in [1.165, 1.54) is 31.7 Å². The zero-order valence-electron chi connectivity index (χ0n) is 16.0. The van der Waals surface area contributed by atoms with Gasteiger partial charge in [-0.05, 0) is 50.5 Å². The second kappa shape index (κ2) is 8.88. The fraction of sp³-hybridized carbons (Fsp3) is 0.682. The lowest BCUT2D eigenvalue weighted by Gasteiger charge is -2.37. The quantitative estimate of drug-likeness (QED) is 0.616. The standard InChI is InChI=1S/C22H31FO3/c1-3-5-15-6-8-16(9-7-15)21-13-12-19(22(24)26-21)18-11-10-17(25-4-2)14-20(18)23/h10-11,14-16,19,21H,3-9,12-13H2,1-2H3. The Morgan fingerprint density at radius 3 is 2.50 bits per heavy atom. The number of ether oxygens (including phenoxy) is 2. The Bertz CT molecular complexity index is 607. The SMILES string of the molecule is CCCC1CCC(C2CCC(c3ccc(OCC)cc3F)C(=O)O2)CC1. The van der Waals surface area contributed by atoms with Gasteiger partial charge in [0.15, 0.2) is 0 Å². The van der Waals surface area contributed by atoms with Crippen molar-refractivity contribution in [2.75, 3.05) is 6.61 Å². The Kier molecular flexibility index (Phi) is 6.55. The second-order valence-electron chi connectivity index (χ2n) is 7.79. The third-order valence-electron chi connectivity index (χ3n) is 6.06. The summed E-state index contributed by atoms with van der Waals surface area (Å²) < 4.78 is 25.5. The molecular formula is C22H31FO3. The lowest BCUT2D eigenvalue weighted by Crippen LogP contribution is -2.36. The number of esters is 1. The lowest BCUT2D eigenvalue weighted by atomic mass is 9.75. The minimum atomic E-state index is -0.488. The summed E-state index contributed by atoms with van der Waals surface area (Å²) in [5, 5.41) is 0. The van der Waals surface area contributed by atoms with E-state index in [1.807, 2.05) is 6.92 Å². The predicted octanol–water partition coefficient (Wildman–Crippen LogP) is 5.62. The van der Waals surface area contributed by atoms with Gasteiger partial charge < -0.3 is 9.47 Å². The minimum absolute atomic E-state index is 0.0204. The molecule has 1 aliphatic heterocycles. The van der Waals surface area contributed by atoms with E-state index in [0.29, 0.717) is 30.3 Å². The summed E-state index contributed by atoms with van der Waals surface area (Å²) in [6.07, 6.45) is 8.92. The summed E-state index contributed by atoms with van der Waals surface area (Å²) in [4.78, 5) is 12.6. The monoisotopic (exact) mass is 362 g/mol. The van der Waals surface area contributed by atoms with Crippen LogP contribution >= 0.6 is 0 Å². The molecule has 0 aromatic heterocycles. The number of rotatable bonds is 6. The molecular weight excluding hydrogens is 331 g/mol. The zero-order chi connectivity index (χ0) is 18.5. The molecule has 2 atom stereocenters. The molecule has 2 fully saturated rings. The highest BCUT2D eigenvalue weighted by Gasteiger charge is 2.37. The van der Waals surface area contributed by atoms with Crippen molar-refractivity contribution in [1.29, 1.82) is 0 Å². The Balaban J connectivity index is 1.58. The van der Waals surface area contributed by atoms with Crippen molar-refractivity contribution in [3.63, 3.8) is 0 Å². The van der Waals surface area contributed by atoms with E-state index in [-0.39, 0.29) is 17.9 Å². The van der Waals surface area contributed by atoms with E-state index in [2.05, 4.69) is 6.92 Å². The highest BCUT2D eigenvalue weighted by atomic mass is 19.1. The third kappa shape index (κ3) is 4.39. The minimum Gasteiger partial charge on any atom is -0.494 e. The highest BCUT2D eigenvalue weighted by Crippen LogP contribution is 2.40. The molecule has 0 N–H and O–H groups in total. The molecule has 3 rings (SSSR count). The Hall–Kier alpha value is -1.58. The topological polar surface area (TPSA) is 35.5 Å². The lowest BCUT2D eigenvalue weighted by molar-refractivity contribution is -0.160. The first-order chi connectivity index (χ1) is 12.6. The van der Waals surface area contributed by atoms with Crippen LogP contribution < -0.4 is 4.74 Å². The Labute approximate surface area is 156 Å². The van der Waals surface area contributed by atoms with Crippen LogP contribution in [-0.2, 0) is 9.53 Å². The number of carbonyl (C=O) groups is 1. The van der Waals surface area contributed by atoms with Crippen LogP contribution in [0.4, 0.5) is 4.39 Å². The van der Waals surface area contributed by atoms with Crippen LogP contribution in [0.15, 0.2) is 18.2 Å². The molecule has 1 saturated carbocycles. The maximum absolute atomic E-state index is 14.4. The van der Waals surface area contributed by atoms with Gasteiger partial charge in [0.05, 0.1) is 12.5 Å². The summed E-state index contributed by atoms with van der Waals surface area (Å²) in [5.41, 5.74) is 0.434. The normalized spacial score (nSPS) is 29.3. The molecule has 4 heteroatoms. The summed E-state index contributed by atoms with van der Waals surface area (Å²) in [6.45, 7) is 4.60. The van der Waals surface area contributed by atoms with Crippen LogP contribution in [0.5, 0.6) is 5.75 Å². The van der Waals surface area contributed by atoms with Gasteiger partial charge in [-0.25, -0.2) is 4.39 Å². The van der Waals surface area contributed by atoms with E-state index in [1.54, 1.807) is 12.1 Å². The Morgan fingerprint density at radius 2 is 1.88 bits per heavy atom. The maximum atomic E-state index is 14.4. The average Bonchev–Trinajstić information content (AvgIpc) is 2.64. The third-order valence-corrected chi connectivity index (χ3v) is 6.06. The van der Waals surface area contributed by atoms with E-state index >= 15 is 0 Å². The van der Waals surface area contributed by atoms with Crippen LogP contribution in [0.2, 0.25) is 0 Å². The van der Waals surface area contributed by atoms with Crippen LogP contribution in [0.25, 0.3) is 0 Å². The molecule has 1 aromatic carbocycles. The van der Waals surface area contributed by atoms with E-state index in [4.69, 9.17) is 9.47 Å². The fourth-order valence-electron chi connectivity index (χ4n) is 4.66. The van der Waals surface area contributed by atoms with Crippen LogP contribution in [0.3, 0.4) is 0 Å². The van der Waals surface area contributed by atoms with Crippen molar-refractivity contribution in [2.24, 2.45) is 11.8 Å². The number of carbonyl (C=O) groups excluding carboxylic acids is 1. The van der Waals surface area contributed by atoms with Gasteiger partial charge in [-0.15, -0.1) is 0 Å².